The van der Waals surface area contributed by atoms with Crippen molar-refractivity contribution >= 4 is 11.4 Å². The van der Waals surface area contributed by atoms with E-state index in [1.165, 1.54) is 22.3 Å². The Balaban J connectivity index is 1.80. The van der Waals surface area contributed by atoms with Crippen LogP contribution in [0.2, 0.25) is 0 Å². The van der Waals surface area contributed by atoms with Gasteiger partial charge < -0.3 is 4.74 Å². The number of hydrogen-bond acceptors (Lipinski definition) is 1. The number of rotatable bonds is 2. The fraction of sp³-hybridized carbons (Fsp3) is 0.0526. The summed E-state index contributed by atoms with van der Waals surface area (Å²) in [7, 11) is 1.68. The molecule has 1 aliphatic rings. The Hall–Kier alpha value is -2.74. The van der Waals surface area contributed by atoms with Gasteiger partial charge in [-0.15, -0.1) is 0 Å². The molecule has 0 aliphatic carbocycles. The van der Waals surface area contributed by atoms with Crippen molar-refractivity contribution in [1.82, 2.24) is 5.32 Å². The zero-order valence-electron chi connectivity index (χ0n) is 11.7. The molecule has 0 saturated heterocycles. The lowest BCUT2D eigenvalue weighted by Crippen LogP contribution is -1.84. The molecule has 3 aromatic carbocycles. The number of hydrogen-bond donors (Lipinski definition) is 0. The van der Waals surface area contributed by atoms with Crippen molar-refractivity contribution in [2.24, 2.45) is 0 Å². The Morgan fingerprint density at radius 3 is 2.24 bits per heavy atom. The van der Waals surface area contributed by atoms with E-state index in [0.717, 1.165) is 17.1 Å². The molecular weight excluding hydrogens is 258 g/mol. The summed E-state index contributed by atoms with van der Waals surface area (Å²) < 4.78 is 5.21. The van der Waals surface area contributed by atoms with Crippen molar-refractivity contribution < 1.29 is 4.74 Å². The quantitative estimate of drug-likeness (QED) is 0.508. The van der Waals surface area contributed by atoms with Crippen LogP contribution < -0.4 is 10.1 Å². The molecule has 0 N–H and O–H groups in total. The van der Waals surface area contributed by atoms with Crippen LogP contribution in [0.1, 0.15) is 0 Å². The van der Waals surface area contributed by atoms with E-state index in [4.69, 9.17) is 4.74 Å². The van der Waals surface area contributed by atoms with Gasteiger partial charge in [-0.25, -0.2) is 5.32 Å². The molecule has 1 radical (unpaired) electrons. The number of para-hydroxylation sites is 1. The molecule has 4 rings (SSSR count). The fourth-order valence-electron chi connectivity index (χ4n) is 2.74. The van der Waals surface area contributed by atoms with Gasteiger partial charge in [-0.05, 0) is 41.5 Å². The van der Waals surface area contributed by atoms with Crippen LogP contribution >= 0.6 is 0 Å². The van der Waals surface area contributed by atoms with Gasteiger partial charge in [0.15, 0.2) is 0 Å². The third kappa shape index (κ3) is 1.96. The van der Waals surface area contributed by atoms with Crippen LogP contribution in [-0.4, -0.2) is 7.11 Å². The molecule has 0 saturated carbocycles. The van der Waals surface area contributed by atoms with E-state index < -0.39 is 0 Å². The standard InChI is InChI=1S/C19H14NO/c1-21-15-9-6-13(7-10-15)14-8-11-19-17(12-14)16-4-2-3-5-18(16)20-19/h2-12H,1H3. The van der Waals surface area contributed by atoms with Gasteiger partial charge >= 0.3 is 0 Å². The van der Waals surface area contributed by atoms with Gasteiger partial charge in [0.1, 0.15) is 5.75 Å². The highest BCUT2D eigenvalue weighted by Crippen LogP contribution is 2.44. The Labute approximate surface area is 124 Å². The van der Waals surface area contributed by atoms with E-state index in [1.54, 1.807) is 7.11 Å². The van der Waals surface area contributed by atoms with Crippen molar-refractivity contribution in [2.45, 2.75) is 0 Å². The number of fused-ring (bicyclic) bond motifs is 3. The average molecular weight is 272 g/mol. The summed E-state index contributed by atoms with van der Waals surface area (Å²) in [5.41, 5.74) is 6.90. The molecule has 0 bridgehead atoms. The van der Waals surface area contributed by atoms with Crippen molar-refractivity contribution in [3.8, 4) is 28.0 Å². The van der Waals surface area contributed by atoms with Crippen LogP contribution in [-0.2, 0) is 0 Å². The summed E-state index contributed by atoms with van der Waals surface area (Å²) in [6.45, 7) is 0. The lowest BCUT2D eigenvalue weighted by Gasteiger charge is -2.06. The molecule has 2 heteroatoms. The Morgan fingerprint density at radius 2 is 1.43 bits per heavy atom. The molecule has 0 atom stereocenters. The van der Waals surface area contributed by atoms with Gasteiger partial charge in [-0.3, -0.25) is 0 Å². The van der Waals surface area contributed by atoms with Gasteiger partial charge in [0.25, 0.3) is 0 Å². The summed E-state index contributed by atoms with van der Waals surface area (Å²) >= 11 is 0. The smallest absolute Gasteiger partial charge is 0.118 e. The maximum Gasteiger partial charge on any atom is 0.118 e. The van der Waals surface area contributed by atoms with Crippen molar-refractivity contribution in [3.05, 3.63) is 66.7 Å². The van der Waals surface area contributed by atoms with E-state index >= 15 is 0 Å². The minimum atomic E-state index is 0.875. The monoisotopic (exact) mass is 272 g/mol. The molecule has 0 fully saturated rings. The molecule has 21 heavy (non-hydrogen) atoms. The summed E-state index contributed by atoms with van der Waals surface area (Å²) in [5.74, 6) is 0.875. The third-order valence-corrected chi connectivity index (χ3v) is 3.86. The highest BCUT2D eigenvalue weighted by molar-refractivity contribution is 5.92. The average Bonchev–Trinajstić information content (AvgIpc) is 2.93. The van der Waals surface area contributed by atoms with Crippen LogP contribution in [0.5, 0.6) is 5.75 Å². The van der Waals surface area contributed by atoms with Gasteiger partial charge in [0, 0.05) is 11.1 Å². The van der Waals surface area contributed by atoms with Crippen molar-refractivity contribution in [1.29, 1.82) is 0 Å². The molecule has 0 aromatic heterocycles. The zero-order chi connectivity index (χ0) is 14.2. The summed E-state index contributed by atoms with van der Waals surface area (Å²) in [5, 5.41) is 4.66. The molecule has 3 aromatic rings. The summed E-state index contributed by atoms with van der Waals surface area (Å²) in [6.07, 6.45) is 0. The lowest BCUT2D eigenvalue weighted by molar-refractivity contribution is 0.415. The van der Waals surface area contributed by atoms with E-state index in [9.17, 15) is 0 Å². The van der Waals surface area contributed by atoms with Crippen LogP contribution in [0, 0.1) is 0 Å². The van der Waals surface area contributed by atoms with Crippen LogP contribution in [0.25, 0.3) is 22.3 Å². The van der Waals surface area contributed by atoms with Crippen LogP contribution in [0.3, 0.4) is 0 Å². The molecule has 0 amide bonds. The molecule has 1 heterocycles. The van der Waals surface area contributed by atoms with Gasteiger partial charge in [-0.1, -0.05) is 36.4 Å². The molecule has 1 aliphatic heterocycles. The Morgan fingerprint density at radius 1 is 0.714 bits per heavy atom. The van der Waals surface area contributed by atoms with E-state index in [-0.39, 0.29) is 0 Å². The first-order valence-corrected chi connectivity index (χ1v) is 6.95. The topological polar surface area (TPSA) is 23.3 Å². The zero-order valence-corrected chi connectivity index (χ0v) is 11.7. The van der Waals surface area contributed by atoms with E-state index in [2.05, 4.69) is 53.8 Å². The maximum atomic E-state index is 5.21. The molecule has 2 nitrogen and oxygen atoms in total. The second-order valence-corrected chi connectivity index (χ2v) is 5.09. The summed E-state index contributed by atoms with van der Waals surface area (Å²) in [4.78, 5) is 0. The Bertz CT molecular complexity index is 806. The highest BCUT2D eigenvalue weighted by atomic mass is 16.5. The van der Waals surface area contributed by atoms with Gasteiger partial charge in [-0.2, -0.15) is 0 Å². The van der Waals surface area contributed by atoms with E-state index in [1.807, 2.05) is 18.2 Å². The number of ether oxygens (including phenoxy) is 1. The van der Waals surface area contributed by atoms with E-state index in [0.29, 0.717) is 0 Å². The van der Waals surface area contributed by atoms with Gasteiger partial charge in [0.05, 0.1) is 18.5 Å². The maximum absolute atomic E-state index is 5.21. The predicted molar refractivity (Wildman–Crippen MR) is 85.3 cm³/mol. The first kappa shape index (κ1) is 12.0. The molecule has 101 valence electrons. The predicted octanol–water partition coefficient (Wildman–Crippen LogP) is 4.91. The van der Waals surface area contributed by atoms with Crippen LogP contribution in [0.4, 0.5) is 11.4 Å². The van der Waals surface area contributed by atoms with Crippen molar-refractivity contribution in [2.75, 3.05) is 7.11 Å². The number of methoxy groups -OCH3 is 1. The lowest BCUT2D eigenvalue weighted by atomic mass is 9.99. The summed E-state index contributed by atoms with van der Waals surface area (Å²) in [6, 6.07) is 22.8. The molecular formula is C19H14NO. The Kier molecular flexibility index (Phi) is 2.68. The number of nitrogens with zero attached hydrogens (tertiary/aromatic N) is 1. The third-order valence-electron chi connectivity index (χ3n) is 3.86. The first-order valence-electron chi connectivity index (χ1n) is 6.95. The second kappa shape index (κ2) is 4.67. The van der Waals surface area contributed by atoms with Crippen LogP contribution in [0.15, 0.2) is 66.7 Å². The van der Waals surface area contributed by atoms with Gasteiger partial charge in [0.2, 0.25) is 0 Å². The number of benzene rings is 3. The minimum absolute atomic E-state index is 0.875. The first-order chi connectivity index (χ1) is 10.3. The molecule has 0 spiro atoms. The highest BCUT2D eigenvalue weighted by Gasteiger charge is 2.19. The second-order valence-electron chi connectivity index (χ2n) is 5.09. The normalized spacial score (nSPS) is 11.5. The largest absolute Gasteiger partial charge is 0.497 e. The fourth-order valence-corrected chi connectivity index (χ4v) is 2.74. The molecule has 0 unspecified atom stereocenters. The SMILES string of the molecule is COc1ccc(-c2ccc3c(c2)-c2ccccc2[N]3)cc1. The van der Waals surface area contributed by atoms with Crippen molar-refractivity contribution in [3.63, 3.8) is 0 Å². The minimum Gasteiger partial charge on any atom is -0.497 e.